The Morgan fingerprint density at radius 2 is 1.86 bits per heavy atom. The molecule has 1 fully saturated rings. The predicted molar refractivity (Wildman–Crippen MR) is 85.1 cm³/mol. The zero-order chi connectivity index (χ0) is 15.0. The van der Waals surface area contributed by atoms with E-state index in [0.29, 0.717) is 4.90 Å². The van der Waals surface area contributed by atoms with Crippen LogP contribution in [0.3, 0.4) is 0 Å². The Bertz CT molecular complexity index is 617. The number of hydrogen-bond acceptors (Lipinski definition) is 3. The van der Waals surface area contributed by atoms with Gasteiger partial charge in [-0.05, 0) is 57.2 Å². The summed E-state index contributed by atoms with van der Waals surface area (Å²) in [4.78, 5) is 0.507. The van der Waals surface area contributed by atoms with Crippen LogP contribution < -0.4 is 5.32 Å². The molecule has 0 spiro atoms. The first kappa shape index (κ1) is 14.9. The maximum absolute atomic E-state index is 13.2. The second-order valence-corrected chi connectivity index (χ2v) is 8.09. The Morgan fingerprint density at radius 3 is 2.57 bits per heavy atom. The molecule has 3 rings (SSSR count). The molecule has 2 aliphatic rings. The van der Waals surface area contributed by atoms with Crippen molar-refractivity contribution in [1.29, 1.82) is 0 Å². The summed E-state index contributed by atoms with van der Waals surface area (Å²) in [6.07, 6.45) is 4.86. The number of anilines is 1. The molecule has 0 radical (unpaired) electrons. The zero-order valence-corrected chi connectivity index (χ0v) is 13.6. The molecule has 2 aliphatic heterocycles. The number of piperidine rings is 1. The lowest BCUT2D eigenvalue weighted by Crippen LogP contribution is -2.47. The molecule has 116 valence electrons. The van der Waals surface area contributed by atoms with Gasteiger partial charge < -0.3 is 5.32 Å². The topological polar surface area (TPSA) is 49.4 Å². The number of nitrogens with one attached hydrogen (secondary N) is 1. The average Bonchev–Trinajstić information content (AvgIpc) is 2.46. The number of hydrogen-bond donors (Lipinski definition) is 1. The van der Waals surface area contributed by atoms with Crippen molar-refractivity contribution in [2.75, 3.05) is 11.9 Å². The molecule has 1 aromatic rings. The van der Waals surface area contributed by atoms with Crippen molar-refractivity contribution in [3.05, 3.63) is 23.8 Å². The van der Waals surface area contributed by atoms with Gasteiger partial charge in [0, 0.05) is 24.3 Å². The van der Waals surface area contributed by atoms with E-state index in [2.05, 4.69) is 5.32 Å². The molecule has 21 heavy (non-hydrogen) atoms. The summed E-state index contributed by atoms with van der Waals surface area (Å²) in [6, 6.07) is 5.78. The van der Waals surface area contributed by atoms with Gasteiger partial charge in [0.1, 0.15) is 0 Å². The van der Waals surface area contributed by atoms with E-state index in [0.717, 1.165) is 49.9 Å². The van der Waals surface area contributed by atoms with E-state index in [-0.39, 0.29) is 12.1 Å². The van der Waals surface area contributed by atoms with E-state index in [1.165, 1.54) is 0 Å². The largest absolute Gasteiger partial charge is 0.385 e. The highest BCUT2D eigenvalue weighted by molar-refractivity contribution is 7.89. The highest BCUT2D eigenvalue weighted by Crippen LogP contribution is 2.34. The van der Waals surface area contributed by atoms with Gasteiger partial charge in [-0.15, -0.1) is 0 Å². The van der Waals surface area contributed by atoms with E-state index in [4.69, 9.17) is 0 Å². The minimum Gasteiger partial charge on any atom is -0.385 e. The van der Waals surface area contributed by atoms with Crippen molar-refractivity contribution in [2.24, 2.45) is 0 Å². The Morgan fingerprint density at radius 1 is 1.14 bits per heavy atom. The Kier molecular flexibility index (Phi) is 3.97. The third-order valence-electron chi connectivity index (χ3n) is 4.72. The van der Waals surface area contributed by atoms with Crippen molar-refractivity contribution in [1.82, 2.24) is 4.31 Å². The first-order valence-corrected chi connectivity index (χ1v) is 9.35. The molecule has 1 N–H and O–H groups in total. The molecule has 2 heterocycles. The van der Waals surface area contributed by atoms with Crippen LogP contribution in [0.4, 0.5) is 5.69 Å². The van der Waals surface area contributed by atoms with Crippen LogP contribution in [-0.4, -0.2) is 31.4 Å². The summed E-state index contributed by atoms with van der Waals surface area (Å²) in [5.74, 6) is 0. The molecule has 0 unspecified atom stereocenters. The fourth-order valence-corrected chi connectivity index (χ4v) is 5.86. The molecule has 1 aromatic carbocycles. The predicted octanol–water partition coefficient (Wildman–Crippen LogP) is 3.00. The lowest BCUT2D eigenvalue weighted by atomic mass is 10.0. The molecule has 0 amide bonds. The van der Waals surface area contributed by atoms with Crippen molar-refractivity contribution in [3.63, 3.8) is 0 Å². The van der Waals surface area contributed by atoms with Crippen LogP contribution in [0, 0.1) is 0 Å². The maximum Gasteiger partial charge on any atom is 0.243 e. The van der Waals surface area contributed by atoms with E-state index < -0.39 is 10.0 Å². The number of benzene rings is 1. The van der Waals surface area contributed by atoms with E-state index in [1.807, 2.05) is 26.0 Å². The van der Waals surface area contributed by atoms with Gasteiger partial charge >= 0.3 is 0 Å². The molecule has 0 bridgehead atoms. The van der Waals surface area contributed by atoms with Gasteiger partial charge in [0.25, 0.3) is 0 Å². The molecule has 0 saturated carbocycles. The molecule has 4 nitrogen and oxygen atoms in total. The van der Waals surface area contributed by atoms with E-state index >= 15 is 0 Å². The first-order chi connectivity index (χ1) is 10.0. The quantitative estimate of drug-likeness (QED) is 0.913. The summed E-state index contributed by atoms with van der Waals surface area (Å²) < 4.78 is 28.1. The fraction of sp³-hybridized carbons (Fsp3) is 0.625. The van der Waals surface area contributed by atoms with Crippen molar-refractivity contribution in [2.45, 2.75) is 62.9 Å². The highest BCUT2D eigenvalue weighted by Gasteiger charge is 2.37. The highest BCUT2D eigenvalue weighted by atomic mass is 32.2. The van der Waals surface area contributed by atoms with Crippen molar-refractivity contribution < 1.29 is 8.42 Å². The van der Waals surface area contributed by atoms with Crippen LogP contribution in [-0.2, 0) is 16.4 Å². The Balaban J connectivity index is 2.06. The van der Waals surface area contributed by atoms with E-state index in [1.54, 1.807) is 10.4 Å². The summed E-state index contributed by atoms with van der Waals surface area (Å²) in [5.41, 5.74) is 1.95. The van der Waals surface area contributed by atoms with Crippen LogP contribution in [0.1, 0.15) is 45.1 Å². The van der Waals surface area contributed by atoms with Crippen LogP contribution >= 0.6 is 0 Å². The standard InChI is InChI=1S/C16H24N2O2S/c1-12-6-3-7-13(2)18(12)21(19,20)16-10-4-9-15-14(16)8-5-11-17-15/h4,9-10,12-13,17H,3,5-8,11H2,1-2H3/t12-,13+. The lowest BCUT2D eigenvalue weighted by molar-refractivity contribution is 0.204. The molecular weight excluding hydrogens is 284 g/mol. The molecule has 2 atom stereocenters. The molecular formula is C16H24N2O2S. The van der Waals surface area contributed by atoms with Gasteiger partial charge in [0.05, 0.1) is 4.90 Å². The summed E-state index contributed by atoms with van der Waals surface area (Å²) in [7, 11) is -3.41. The van der Waals surface area contributed by atoms with Crippen LogP contribution in [0.25, 0.3) is 0 Å². The second kappa shape index (κ2) is 5.61. The van der Waals surface area contributed by atoms with Crippen LogP contribution in [0.15, 0.2) is 23.1 Å². The molecule has 0 aliphatic carbocycles. The summed E-state index contributed by atoms with van der Waals surface area (Å²) >= 11 is 0. The van der Waals surface area contributed by atoms with Crippen LogP contribution in [0.2, 0.25) is 0 Å². The van der Waals surface area contributed by atoms with Crippen molar-refractivity contribution >= 4 is 15.7 Å². The molecule has 1 saturated heterocycles. The minimum absolute atomic E-state index is 0.0890. The normalized spacial score (nSPS) is 27.0. The smallest absolute Gasteiger partial charge is 0.243 e. The molecule has 5 heteroatoms. The van der Waals surface area contributed by atoms with Gasteiger partial charge in [-0.2, -0.15) is 4.31 Å². The fourth-order valence-electron chi connectivity index (χ4n) is 3.70. The van der Waals surface area contributed by atoms with Crippen molar-refractivity contribution in [3.8, 4) is 0 Å². The summed E-state index contributed by atoms with van der Waals surface area (Å²) in [5, 5.41) is 3.32. The Hall–Kier alpha value is -1.07. The third-order valence-corrected chi connectivity index (χ3v) is 6.93. The first-order valence-electron chi connectivity index (χ1n) is 7.91. The SMILES string of the molecule is C[C@@H]1CCC[C@H](C)N1S(=O)(=O)c1cccc2c1CCCN2. The number of rotatable bonds is 2. The number of sulfonamides is 1. The minimum atomic E-state index is -3.41. The number of nitrogens with zero attached hydrogens (tertiary/aromatic N) is 1. The third kappa shape index (κ3) is 2.57. The monoisotopic (exact) mass is 308 g/mol. The van der Waals surface area contributed by atoms with Crippen LogP contribution in [0.5, 0.6) is 0 Å². The van der Waals surface area contributed by atoms with Gasteiger partial charge in [0.15, 0.2) is 0 Å². The van der Waals surface area contributed by atoms with Gasteiger partial charge in [-0.1, -0.05) is 12.5 Å². The molecule has 0 aromatic heterocycles. The van der Waals surface area contributed by atoms with Gasteiger partial charge in [0.2, 0.25) is 10.0 Å². The maximum atomic E-state index is 13.2. The second-order valence-electron chi connectivity index (χ2n) is 6.28. The lowest BCUT2D eigenvalue weighted by Gasteiger charge is -2.38. The average molecular weight is 308 g/mol. The zero-order valence-electron chi connectivity index (χ0n) is 12.8. The van der Waals surface area contributed by atoms with Gasteiger partial charge in [-0.3, -0.25) is 0 Å². The Labute approximate surface area is 127 Å². The summed E-state index contributed by atoms with van der Waals surface area (Å²) in [6.45, 7) is 4.98. The van der Waals surface area contributed by atoms with Gasteiger partial charge in [-0.25, -0.2) is 8.42 Å². The number of fused-ring (bicyclic) bond motifs is 1. The van der Waals surface area contributed by atoms with E-state index in [9.17, 15) is 8.42 Å².